The molecule has 3 rings (SSSR count). The molecule has 1 fully saturated rings. The van der Waals surface area contributed by atoms with Crippen LogP contribution < -0.4 is 0 Å². The maximum atomic E-state index is 11.4. The number of aromatic nitrogens is 2. The number of fused-ring (bicyclic) bond motifs is 1. The predicted octanol–water partition coefficient (Wildman–Crippen LogP) is 0.401. The second kappa shape index (κ2) is 3.74. The maximum absolute atomic E-state index is 11.4. The summed E-state index contributed by atoms with van der Waals surface area (Å²) in [5.41, 5.74) is 1.98. The van der Waals surface area contributed by atoms with Crippen LogP contribution in [0.2, 0.25) is 0 Å². The molecule has 92 valence electrons. The Morgan fingerprint density at radius 2 is 2.18 bits per heavy atom. The van der Waals surface area contributed by atoms with E-state index in [1.54, 1.807) is 6.20 Å². The summed E-state index contributed by atoms with van der Waals surface area (Å²) in [5, 5.41) is -0.0473. The smallest absolute Gasteiger partial charge is 0.247 e. The second-order valence-corrected chi connectivity index (χ2v) is 6.76. The molecular weight excluding hydrogens is 238 g/mol. The van der Waals surface area contributed by atoms with Gasteiger partial charge in [-0.05, 0) is 24.8 Å². The average molecular weight is 253 g/mol. The van der Waals surface area contributed by atoms with Crippen molar-refractivity contribution in [3.8, 4) is 0 Å². The molecule has 0 aromatic carbocycles. The van der Waals surface area contributed by atoms with Gasteiger partial charge in [0.25, 0.3) is 0 Å². The van der Waals surface area contributed by atoms with Gasteiger partial charge in [0.05, 0.1) is 5.69 Å². The first kappa shape index (κ1) is 11.1. The molecule has 0 N–H and O–H groups in total. The summed E-state index contributed by atoms with van der Waals surface area (Å²) >= 11 is 0. The van der Waals surface area contributed by atoms with Crippen molar-refractivity contribution in [2.24, 2.45) is 0 Å². The quantitative estimate of drug-likeness (QED) is 0.714. The van der Waals surface area contributed by atoms with E-state index >= 15 is 0 Å². The molecule has 1 aromatic rings. The molecule has 0 spiro atoms. The molecule has 0 radical (unpaired) electrons. The van der Waals surface area contributed by atoms with Crippen molar-refractivity contribution in [2.75, 3.05) is 12.8 Å². The van der Waals surface area contributed by atoms with Crippen LogP contribution in [0, 0.1) is 0 Å². The molecule has 0 atom stereocenters. The molecule has 0 saturated heterocycles. The van der Waals surface area contributed by atoms with Gasteiger partial charge in [0.2, 0.25) is 15.0 Å². The van der Waals surface area contributed by atoms with E-state index in [0.717, 1.165) is 37.0 Å². The van der Waals surface area contributed by atoms with E-state index in [-0.39, 0.29) is 5.16 Å². The Morgan fingerprint density at radius 3 is 2.82 bits per heavy atom. The van der Waals surface area contributed by atoms with E-state index < -0.39 is 9.84 Å². The van der Waals surface area contributed by atoms with E-state index in [9.17, 15) is 8.42 Å². The van der Waals surface area contributed by atoms with Gasteiger partial charge in [-0.2, -0.15) is 0 Å². The van der Waals surface area contributed by atoms with E-state index in [4.69, 9.17) is 0 Å². The van der Waals surface area contributed by atoms with Gasteiger partial charge in [-0.1, -0.05) is 0 Å². The first-order valence-electron chi connectivity index (χ1n) is 5.83. The predicted molar refractivity (Wildman–Crippen MR) is 62.3 cm³/mol. The third-order valence-electron chi connectivity index (χ3n) is 3.35. The van der Waals surface area contributed by atoms with Crippen molar-refractivity contribution < 1.29 is 8.42 Å². The molecular formula is C11H15N3O2S. The highest BCUT2D eigenvalue weighted by Crippen LogP contribution is 2.30. The van der Waals surface area contributed by atoms with E-state index in [0.29, 0.717) is 6.04 Å². The largest absolute Gasteiger partial charge is 0.294 e. The average Bonchev–Trinajstić information content (AvgIpc) is 3.10. The molecule has 1 saturated carbocycles. The van der Waals surface area contributed by atoms with Crippen molar-refractivity contribution in [2.45, 2.75) is 37.0 Å². The second-order valence-electron chi connectivity index (χ2n) is 4.85. The molecule has 6 heteroatoms. The molecule has 17 heavy (non-hydrogen) atoms. The third-order valence-corrected chi connectivity index (χ3v) is 4.21. The zero-order chi connectivity index (χ0) is 12.0. The van der Waals surface area contributed by atoms with Gasteiger partial charge in [-0.15, -0.1) is 0 Å². The molecule has 5 nitrogen and oxygen atoms in total. The van der Waals surface area contributed by atoms with Gasteiger partial charge in [-0.3, -0.25) is 4.90 Å². The van der Waals surface area contributed by atoms with Crippen LogP contribution in [0.25, 0.3) is 0 Å². The third kappa shape index (κ3) is 2.19. The van der Waals surface area contributed by atoms with Gasteiger partial charge in [-0.25, -0.2) is 18.4 Å². The normalized spacial score (nSPS) is 21.2. The summed E-state index contributed by atoms with van der Waals surface area (Å²) in [4.78, 5) is 10.5. The lowest BCUT2D eigenvalue weighted by molar-refractivity contribution is 0.238. The van der Waals surface area contributed by atoms with Crippen molar-refractivity contribution in [1.82, 2.24) is 14.9 Å². The Bertz CT molecular complexity index is 552. The fourth-order valence-electron chi connectivity index (χ4n) is 2.24. The van der Waals surface area contributed by atoms with Crippen LogP contribution in [0.1, 0.15) is 24.1 Å². The van der Waals surface area contributed by atoms with Crippen molar-refractivity contribution in [3.05, 3.63) is 17.5 Å². The van der Waals surface area contributed by atoms with Crippen LogP contribution in [0.15, 0.2) is 11.4 Å². The van der Waals surface area contributed by atoms with Gasteiger partial charge in [0.15, 0.2) is 0 Å². The lowest BCUT2D eigenvalue weighted by atomic mass is 10.1. The van der Waals surface area contributed by atoms with Gasteiger partial charge >= 0.3 is 0 Å². The summed E-state index contributed by atoms with van der Waals surface area (Å²) in [6.45, 7) is 1.81. The zero-order valence-corrected chi connectivity index (χ0v) is 10.6. The van der Waals surface area contributed by atoms with Crippen molar-refractivity contribution in [1.29, 1.82) is 0 Å². The minimum atomic E-state index is -3.30. The fraction of sp³-hybridized carbons (Fsp3) is 0.636. The van der Waals surface area contributed by atoms with E-state index in [1.807, 2.05) is 0 Å². The number of rotatable bonds is 2. The van der Waals surface area contributed by atoms with Crippen LogP contribution in [-0.4, -0.2) is 42.1 Å². The highest BCUT2D eigenvalue weighted by molar-refractivity contribution is 7.90. The van der Waals surface area contributed by atoms with Gasteiger partial charge in [0.1, 0.15) is 0 Å². The van der Waals surface area contributed by atoms with Crippen LogP contribution in [0.3, 0.4) is 0 Å². The van der Waals surface area contributed by atoms with Crippen molar-refractivity contribution in [3.63, 3.8) is 0 Å². The minimum absolute atomic E-state index is 0.0473. The SMILES string of the molecule is CS(=O)(=O)c1ncc2c(n1)CN(C1CC1)CC2. The zero-order valence-electron chi connectivity index (χ0n) is 9.76. The summed E-state index contributed by atoms with van der Waals surface area (Å²) in [5.74, 6) is 0. The van der Waals surface area contributed by atoms with E-state index in [1.165, 1.54) is 12.8 Å². The lowest BCUT2D eigenvalue weighted by Crippen LogP contribution is -2.33. The van der Waals surface area contributed by atoms with Crippen LogP contribution in [0.5, 0.6) is 0 Å². The first-order valence-corrected chi connectivity index (χ1v) is 7.72. The Balaban J connectivity index is 1.93. The maximum Gasteiger partial charge on any atom is 0.247 e. The molecule has 0 bridgehead atoms. The lowest BCUT2D eigenvalue weighted by Gasteiger charge is -2.27. The van der Waals surface area contributed by atoms with Crippen LogP contribution >= 0.6 is 0 Å². The molecule has 2 aliphatic rings. The molecule has 2 heterocycles. The number of nitrogens with zero attached hydrogens (tertiary/aromatic N) is 3. The van der Waals surface area contributed by atoms with Gasteiger partial charge in [0, 0.05) is 31.6 Å². The Labute approximate surface area is 101 Å². The summed E-state index contributed by atoms with van der Waals surface area (Å²) in [7, 11) is -3.30. The number of hydrogen-bond donors (Lipinski definition) is 0. The number of sulfone groups is 1. The minimum Gasteiger partial charge on any atom is -0.294 e. The molecule has 0 unspecified atom stereocenters. The van der Waals surface area contributed by atoms with Crippen LogP contribution in [-0.2, 0) is 22.8 Å². The molecule has 1 aliphatic carbocycles. The highest BCUT2D eigenvalue weighted by Gasteiger charge is 2.32. The molecule has 1 aromatic heterocycles. The summed E-state index contributed by atoms with van der Waals surface area (Å²) < 4.78 is 22.8. The Kier molecular flexibility index (Phi) is 2.45. The van der Waals surface area contributed by atoms with Crippen LogP contribution in [0.4, 0.5) is 0 Å². The summed E-state index contributed by atoms with van der Waals surface area (Å²) in [6, 6.07) is 0.694. The summed E-state index contributed by atoms with van der Waals surface area (Å²) in [6.07, 6.45) is 6.27. The standard InChI is InChI=1S/C11H15N3O2S/c1-17(15,16)11-12-6-8-4-5-14(9-2-3-9)7-10(8)13-11/h6,9H,2-5,7H2,1H3. The number of hydrogen-bond acceptors (Lipinski definition) is 5. The van der Waals surface area contributed by atoms with Gasteiger partial charge < -0.3 is 0 Å². The Morgan fingerprint density at radius 1 is 1.41 bits per heavy atom. The highest BCUT2D eigenvalue weighted by atomic mass is 32.2. The molecule has 1 aliphatic heterocycles. The van der Waals surface area contributed by atoms with Crippen molar-refractivity contribution >= 4 is 9.84 Å². The molecule has 0 amide bonds. The Hall–Kier alpha value is -1.01. The fourth-order valence-corrected chi connectivity index (χ4v) is 2.76. The monoisotopic (exact) mass is 253 g/mol. The first-order chi connectivity index (χ1) is 8.04. The topological polar surface area (TPSA) is 63.2 Å². The van der Waals surface area contributed by atoms with E-state index in [2.05, 4.69) is 14.9 Å².